The van der Waals surface area contributed by atoms with Crippen molar-refractivity contribution in [3.05, 3.63) is 0 Å². The van der Waals surface area contributed by atoms with E-state index in [2.05, 4.69) is 14.1 Å². The molecule has 2 heteroatoms. The van der Waals surface area contributed by atoms with Crippen molar-refractivity contribution in [3.8, 4) is 0 Å². The minimum atomic E-state index is 0.242. The van der Waals surface area contributed by atoms with Gasteiger partial charge in [-0.3, -0.25) is 4.79 Å². The number of likely N-dealkylation sites (tertiary alicyclic amines) is 1. The molecule has 2 rings (SSSR count). The first-order valence-corrected chi connectivity index (χ1v) is 5.28. The first-order chi connectivity index (χ1) is 5.92. The van der Waals surface area contributed by atoms with Gasteiger partial charge < -0.3 is 4.48 Å². The maximum Gasteiger partial charge on any atom is 0.139 e. The number of carbonyl (C=O) groups is 1. The average molecular weight is 182 g/mol. The van der Waals surface area contributed by atoms with Crippen LogP contribution in [0.3, 0.4) is 0 Å². The van der Waals surface area contributed by atoms with Gasteiger partial charge in [0.05, 0.1) is 27.2 Å². The highest BCUT2D eigenvalue weighted by Crippen LogP contribution is 2.54. The van der Waals surface area contributed by atoms with Crippen LogP contribution in [0, 0.1) is 23.7 Å². The van der Waals surface area contributed by atoms with Gasteiger partial charge >= 0.3 is 0 Å². The molecule has 1 saturated carbocycles. The lowest BCUT2D eigenvalue weighted by atomic mass is 10.0. The number of nitrogens with zero attached hydrogens (tertiary/aromatic N) is 1. The molecule has 0 bridgehead atoms. The Morgan fingerprint density at radius 1 is 1.23 bits per heavy atom. The molecular formula is C11H20NO+. The van der Waals surface area contributed by atoms with E-state index >= 15 is 0 Å². The number of fused-ring (bicyclic) bond motifs is 1. The molecule has 2 nitrogen and oxygen atoms in total. The molecule has 0 aromatic rings. The molecule has 13 heavy (non-hydrogen) atoms. The van der Waals surface area contributed by atoms with E-state index in [1.54, 1.807) is 0 Å². The molecule has 0 amide bonds. The first-order valence-electron chi connectivity index (χ1n) is 5.28. The molecule has 0 radical (unpaired) electrons. The van der Waals surface area contributed by atoms with E-state index in [9.17, 15) is 4.79 Å². The second kappa shape index (κ2) is 2.57. The van der Waals surface area contributed by atoms with E-state index in [4.69, 9.17) is 0 Å². The number of hydrogen-bond donors (Lipinski definition) is 0. The summed E-state index contributed by atoms with van der Waals surface area (Å²) in [5, 5.41) is 0. The van der Waals surface area contributed by atoms with Crippen LogP contribution >= 0.6 is 0 Å². The summed E-state index contributed by atoms with van der Waals surface area (Å²) in [6, 6.07) is 0. The Kier molecular flexibility index (Phi) is 1.82. The van der Waals surface area contributed by atoms with Gasteiger partial charge in [-0.15, -0.1) is 0 Å². The van der Waals surface area contributed by atoms with Gasteiger partial charge in [0.2, 0.25) is 0 Å². The molecule has 0 unspecified atom stereocenters. The van der Waals surface area contributed by atoms with Gasteiger partial charge in [-0.05, 0) is 0 Å². The van der Waals surface area contributed by atoms with Crippen molar-refractivity contribution in [1.82, 2.24) is 0 Å². The molecule has 2 aliphatic rings. The zero-order valence-corrected chi connectivity index (χ0v) is 9.08. The zero-order valence-electron chi connectivity index (χ0n) is 9.08. The zero-order chi connectivity index (χ0) is 9.80. The topological polar surface area (TPSA) is 17.1 Å². The maximum absolute atomic E-state index is 11.7. The number of hydrogen-bond acceptors (Lipinski definition) is 1. The van der Waals surface area contributed by atoms with Gasteiger partial charge in [0.25, 0.3) is 0 Å². The van der Waals surface area contributed by atoms with Crippen LogP contribution in [0.15, 0.2) is 0 Å². The van der Waals surface area contributed by atoms with Crippen molar-refractivity contribution in [1.29, 1.82) is 0 Å². The molecule has 1 saturated heterocycles. The van der Waals surface area contributed by atoms with Crippen LogP contribution in [-0.2, 0) is 4.79 Å². The van der Waals surface area contributed by atoms with Crippen molar-refractivity contribution in [3.63, 3.8) is 0 Å². The smallest absolute Gasteiger partial charge is 0.139 e. The summed E-state index contributed by atoms with van der Waals surface area (Å²) in [7, 11) is 4.53. The molecule has 0 N–H and O–H groups in total. The number of quaternary nitrogens is 1. The number of carbonyl (C=O) groups excluding carboxylic acids is 1. The van der Waals surface area contributed by atoms with Gasteiger partial charge in [0.1, 0.15) is 5.78 Å². The number of rotatable bonds is 2. The lowest BCUT2D eigenvalue weighted by Crippen LogP contribution is -2.40. The lowest BCUT2D eigenvalue weighted by Gasteiger charge is -2.26. The third kappa shape index (κ3) is 1.41. The predicted molar refractivity (Wildman–Crippen MR) is 52.2 cm³/mol. The highest BCUT2D eigenvalue weighted by Gasteiger charge is 2.63. The number of ketones is 1. The minimum Gasteiger partial charge on any atom is -0.328 e. The lowest BCUT2D eigenvalue weighted by molar-refractivity contribution is -0.883. The van der Waals surface area contributed by atoms with Crippen LogP contribution in [0.1, 0.15) is 13.8 Å². The Morgan fingerprint density at radius 3 is 2.08 bits per heavy atom. The predicted octanol–water partition coefficient (Wildman–Crippen LogP) is 1.16. The quantitative estimate of drug-likeness (QED) is 0.586. The molecule has 2 atom stereocenters. The van der Waals surface area contributed by atoms with Crippen molar-refractivity contribution in [2.24, 2.45) is 23.7 Å². The summed E-state index contributed by atoms with van der Waals surface area (Å²) in [5.41, 5.74) is 0. The van der Waals surface area contributed by atoms with Crippen molar-refractivity contribution >= 4 is 5.78 Å². The SMILES string of the molecule is CC(C)C(=O)C1[C@@H]2C[N+](C)(C)C[C@@H]12. The Labute approximate surface area is 80.5 Å². The van der Waals surface area contributed by atoms with Gasteiger partial charge in [-0.2, -0.15) is 0 Å². The van der Waals surface area contributed by atoms with Crippen LogP contribution in [0.2, 0.25) is 0 Å². The fourth-order valence-electron chi connectivity index (χ4n) is 2.97. The molecule has 1 heterocycles. The standard InChI is InChI=1S/C11H20NO/c1-7(2)11(13)10-8-5-12(3,4)6-9(8)10/h7-10H,5-6H2,1-4H3/q+1/t8-,9-/m1/s1. The van der Waals surface area contributed by atoms with E-state index in [1.165, 1.54) is 13.1 Å². The Bertz CT molecular complexity index is 230. The third-order valence-corrected chi connectivity index (χ3v) is 3.64. The Morgan fingerprint density at radius 2 is 1.69 bits per heavy atom. The minimum absolute atomic E-state index is 0.242. The summed E-state index contributed by atoms with van der Waals surface area (Å²) < 4.78 is 1.12. The largest absolute Gasteiger partial charge is 0.328 e. The van der Waals surface area contributed by atoms with Gasteiger partial charge in [0.15, 0.2) is 0 Å². The van der Waals surface area contributed by atoms with E-state index in [-0.39, 0.29) is 5.92 Å². The van der Waals surface area contributed by atoms with Crippen LogP contribution < -0.4 is 0 Å². The van der Waals surface area contributed by atoms with Crippen LogP contribution in [0.25, 0.3) is 0 Å². The number of Topliss-reactive ketones (excluding diaryl/α,β-unsaturated/α-hetero) is 1. The molecule has 0 aromatic heterocycles. The molecule has 0 aromatic carbocycles. The second-order valence-corrected chi connectivity index (χ2v) is 5.71. The van der Waals surface area contributed by atoms with Crippen LogP contribution in [-0.4, -0.2) is 37.5 Å². The van der Waals surface area contributed by atoms with E-state index < -0.39 is 0 Å². The Hall–Kier alpha value is -0.370. The first kappa shape index (κ1) is 9.20. The average Bonchev–Trinajstić information content (AvgIpc) is 2.48. The molecule has 74 valence electrons. The van der Waals surface area contributed by atoms with Crippen LogP contribution in [0.5, 0.6) is 0 Å². The highest BCUT2D eigenvalue weighted by molar-refractivity contribution is 5.86. The molecule has 1 aliphatic heterocycles. The second-order valence-electron chi connectivity index (χ2n) is 5.71. The maximum atomic E-state index is 11.7. The summed E-state index contributed by atoms with van der Waals surface area (Å²) in [5.74, 6) is 2.64. The summed E-state index contributed by atoms with van der Waals surface area (Å²) in [6.45, 7) is 6.48. The monoisotopic (exact) mass is 182 g/mol. The summed E-state index contributed by atoms with van der Waals surface area (Å²) >= 11 is 0. The van der Waals surface area contributed by atoms with Crippen molar-refractivity contribution in [2.45, 2.75) is 13.8 Å². The van der Waals surface area contributed by atoms with Crippen molar-refractivity contribution < 1.29 is 9.28 Å². The van der Waals surface area contributed by atoms with E-state index in [1.807, 2.05) is 13.8 Å². The molecule has 0 spiro atoms. The molecule has 2 fully saturated rings. The third-order valence-electron chi connectivity index (χ3n) is 3.64. The number of piperidine rings is 1. The fraction of sp³-hybridized carbons (Fsp3) is 0.909. The highest BCUT2D eigenvalue weighted by atomic mass is 16.1. The molecular weight excluding hydrogens is 162 g/mol. The summed E-state index contributed by atoms with van der Waals surface area (Å²) in [4.78, 5) is 11.7. The normalized spacial score (nSPS) is 40.5. The van der Waals surface area contributed by atoms with E-state index in [0.29, 0.717) is 11.7 Å². The van der Waals surface area contributed by atoms with Crippen LogP contribution in [0.4, 0.5) is 0 Å². The van der Waals surface area contributed by atoms with Crippen molar-refractivity contribution in [2.75, 3.05) is 27.2 Å². The Balaban J connectivity index is 1.96. The van der Waals surface area contributed by atoms with E-state index in [0.717, 1.165) is 16.3 Å². The molecule has 1 aliphatic carbocycles. The van der Waals surface area contributed by atoms with Gasteiger partial charge in [0, 0.05) is 23.7 Å². The fourth-order valence-corrected chi connectivity index (χ4v) is 2.97. The van der Waals surface area contributed by atoms with Gasteiger partial charge in [-0.25, -0.2) is 0 Å². The summed E-state index contributed by atoms with van der Waals surface area (Å²) in [6.07, 6.45) is 0. The van der Waals surface area contributed by atoms with Gasteiger partial charge in [-0.1, -0.05) is 13.8 Å².